The van der Waals surface area contributed by atoms with Crippen molar-refractivity contribution in [2.24, 2.45) is 4.99 Å². The lowest BCUT2D eigenvalue weighted by atomic mass is 10.2. The van der Waals surface area contributed by atoms with E-state index in [-0.39, 0.29) is 0 Å². The van der Waals surface area contributed by atoms with E-state index in [4.69, 9.17) is 0 Å². The van der Waals surface area contributed by atoms with Crippen LogP contribution in [0.4, 0.5) is 5.82 Å². The van der Waals surface area contributed by atoms with Crippen molar-refractivity contribution in [2.75, 3.05) is 11.6 Å². The average Bonchev–Trinajstić information content (AvgIpc) is 2.65. The van der Waals surface area contributed by atoms with Crippen molar-refractivity contribution in [3.63, 3.8) is 0 Å². The van der Waals surface area contributed by atoms with Crippen LogP contribution in [0.1, 0.15) is 12.0 Å². The van der Waals surface area contributed by atoms with Crippen molar-refractivity contribution in [1.82, 2.24) is 10.4 Å². The number of anilines is 1. The second-order valence-corrected chi connectivity index (χ2v) is 3.21. The van der Waals surface area contributed by atoms with E-state index >= 15 is 0 Å². The molecule has 4 heteroatoms. The van der Waals surface area contributed by atoms with Gasteiger partial charge >= 0.3 is 0 Å². The number of fused-ring (bicyclic) bond motifs is 3. The van der Waals surface area contributed by atoms with Gasteiger partial charge in [0.1, 0.15) is 5.84 Å². The largest absolute Gasteiger partial charge is 0.266 e. The predicted octanol–water partition coefficient (Wildman–Crippen LogP) is 0.708. The Labute approximate surface area is 76.3 Å². The highest BCUT2D eigenvalue weighted by Crippen LogP contribution is 2.24. The summed E-state index contributed by atoms with van der Waals surface area (Å²) in [6, 6.07) is 4.03. The molecule has 1 saturated heterocycles. The summed E-state index contributed by atoms with van der Waals surface area (Å²) in [4.78, 5) is 8.82. The highest BCUT2D eigenvalue weighted by molar-refractivity contribution is 5.99. The zero-order valence-corrected chi connectivity index (χ0v) is 7.20. The van der Waals surface area contributed by atoms with Crippen molar-refractivity contribution in [2.45, 2.75) is 13.0 Å². The molecular formula is C9H10N4. The molecule has 66 valence electrons. The van der Waals surface area contributed by atoms with Crippen molar-refractivity contribution >= 4 is 11.7 Å². The third-order valence-electron chi connectivity index (χ3n) is 2.39. The molecule has 4 nitrogen and oxygen atoms in total. The van der Waals surface area contributed by atoms with Gasteiger partial charge in [0.15, 0.2) is 5.82 Å². The van der Waals surface area contributed by atoms with Gasteiger partial charge in [0.25, 0.3) is 0 Å². The van der Waals surface area contributed by atoms with Gasteiger partial charge in [-0.25, -0.2) is 15.4 Å². The third kappa shape index (κ3) is 0.954. The number of aromatic nitrogens is 1. The van der Waals surface area contributed by atoms with E-state index in [9.17, 15) is 0 Å². The Bertz CT molecular complexity index is 372. The highest BCUT2D eigenvalue weighted by atomic mass is 15.6. The maximum Gasteiger partial charge on any atom is 0.153 e. The average molecular weight is 174 g/mol. The van der Waals surface area contributed by atoms with Crippen molar-refractivity contribution < 1.29 is 0 Å². The first kappa shape index (κ1) is 7.03. The van der Waals surface area contributed by atoms with Gasteiger partial charge in [-0.15, -0.1) is 0 Å². The van der Waals surface area contributed by atoms with Crippen molar-refractivity contribution in [3.8, 4) is 0 Å². The first-order chi connectivity index (χ1) is 6.45. The Morgan fingerprint density at radius 1 is 1.46 bits per heavy atom. The van der Waals surface area contributed by atoms with Crippen molar-refractivity contribution in [3.05, 3.63) is 23.9 Å². The molecule has 2 aliphatic rings. The molecule has 0 radical (unpaired) electrons. The quantitative estimate of drug-likeness (QED) is 0.629. The first-order valence-corrected chi connectivity index (χ1v) is 4.46. The minimum Gasteiger partial charge on any atom is -0.266 e. The van der Waals surface area contributed by atoms with Crippen LogP contribution >= 0.6 is 0 Å². The second kappa shape index (κ2) is 2.53. The molecular weight excluding hydrogens is 164 g/mol. The highest BCUT2D eigenvalue weighted by Gasteiger charge is 2.25. The van der Waals surface area contributed by atoms with E-state index in [1.54, 1.807) is 0 Å². The van der Waals surface area contributed by atoms with Crippen LogP contribution in [0.3, 0.4) is 0 Å². The van der Waals surface area contributed by atoms with E-state index < -0.39 is 0 Å². The van der Waals surface area contributed by atoms with Gasteiger partial charge in [0.05, 0.1) is 6.54 Å². The molecule has 3 heterocycles. The van der Waals surface area contributed by atoms with Crippen molar-refractivity contribution in [1.29, 1.82) is 0 Å². The zero-order chi connectivity index (χ0) is 8.67. The lowest BCUT2D eigenvalue weighted by Crippen LogP contribution is -2.37. The molecule has 1 aromatic heterocycles. The summed E-state index contributed by atoms with van der Waals surface area (Å²) in [7, 11) is 0. The number of amidine groups is 1. The molecule has 0 saturated carbocycles. The lowest BCUT2D eigenvalue weighted by molar-refractivity contribution is 0.785. The zero-order valence-electron chi connectivity index (χ0n) is 7.20. The minimum atomic E-state index is 0.774. The summed E-state index contributed by atoms with van der Waals surface area (Å²) in [5.74, 6) is 2.14. The molecule has 1 N–H and O–H groups in total. The summed E-state index contributed by atoms with van der Waals surface area (Å²) in [6.45, 7) is 1.74. The fraction of sp³-hybridized carbons (Fsp3) is 0.333. The van der Waals surface area contributed by atoms with Crippen LogP contribution in [0, 0.1) is 0 Å². The van der Waals surface area contributed by atoms with Crippen LogP contribution in [0.25, 0.3) is 0 Å². The number of nitrogens with zero attached hydrogens (tertiary/aromatic N) is 3. The Morgan fingerprint density at radius 3 is 3.46 bits per heavy atom. The van der Waals surface area contributed by atoms with Gasteiger partial charge in [0, 0.05) is 24.7 Å². The van der Waals surface area contributed by atoms with Gasteiger partial charge < -0.3 is 0 Å². The number of rotatable bonds is 0. The van der Waals surface area contributed by atoms with Crippen LogP contribution in [-0.4, -0.2) is 17.4 Å². The van der Waals surface area contributed by atoms with Gasteiger partial charge in [-0.05, 0) is 6.07 Å². The molecule has 0 spiro atoms. The molecule has 0 bridgehead atoms. The van der Waals surface area contributed by atoms with Crippen LogP contribution in [0.15, 0.2) is 23.3 Å². The van der Waals surface area contributed by atoms with E-state index in [1.165, 1.54) is 5.56 Å². The van der Waals surface area contributed by atoms with Crippen LogP contribution in [-0.2, 0) is 6.54 Å². The molecule has 1 fully saturated rings. The lowest BCUT2D eigenvalue weighted by Gasteiger charge is -2.23. The number of hydrogen-bond acceptors (Lipinski definition) is 4. The minimum absolute atomic E-state index is 0.774. The van der Waals surface area contributed by atoms with E-state index in [0.717, 1.165) is 31.2 Å². The van der Waals surface area contributed by atoms with E-state index in [0.29, 0.717) is 0 Å². The molecule has 2 aliphatic heterocycles. The summed E-state index contributed by atoms with van der Waals surface area (Å²) in [5.41, 5.74) is 4.45. The fourth-order valence-electron chi connectivity index (χ4n) is 1.76. The Hall–Kier alpha value is -1.42. The molecule has 1 aromatic rings. The molecule has 0 aromatic carbocycles. The number of aliphatic imine (C=N–C) groups is 1. The van der Waals surface area contributed by atoms with Gasteiger partial charge in [-0.1, -0.05) is 6.07 Å². The standard InChI is InChI=1S/C9H10N4/c1-2-7-6-11-8-3-5-12-13(8)9(7)10-4-1/h1-2,4,12H,3,5-6H2. The summed E-state index contributed by atoms with van der Waals surface area (Å²) < 4.78 is 0. The number of pyridine rings is 1. The third-order valence-corrected chi connectivity index (χ3v) is 2.39. The summed E-state index contributed by atoms with van der Waals surface area (Å²) in [5, 5.41) is 2.00. The smallest absolute Gasteiger partial charge is 0.153 e. The summed E-state index contributed by atoms with van der Waals surface area (Å²) in [6.07, 6.45) is 2.83. The van der Waals surface area contributed by atoms with Gasteiger partial charge in [-0.2, -0.15) is 0 Å². The maximum absolute atomic E-state index is 4.47. The molecule has 13 heavy (non-hydrogen) atoms. The Balaban J connectivity index is 2.12. The predicted molar refractivity (Wildman–Crippen MR) is 50.5 cm³/mol. The maximum atomic E-state index is 4.47. The molecule has 0 unspecified atom stereocenters. The number of hydrazine groups is 1. The molecule has 0 atom stereocenters. The second-order valence-electron chi connectivity index (χ2n) is 3.21. The number of hydrogen-bond donors (Lipinski definition) is 1. The monoisotopic (exact) mass is 174 g/mol. The Kier molecular flexibility index (Phi) is 1.37. The first-order valence-electron chi connectivity index (χ1n) is 4.46. The molecule has 3 rings (SSSR count). The van der Waals surface area contributed by atoms with Gasteiger partial charge in [-0.3, -0.25) is 4.99 Å². The van der Waals surface area contributed by atoms with Crippen LogP contribution < -0.4 is 10.4 Å². The topological polar surface area (TPSA) is 40.5 Å². The summed E-state index contributed by atoms with van der Waals surface area (Å²) >= 11 is 0. The molecule has 0 aliphatic carbocycles. The van der Waals surface area contributed by atoms with E-state index in [2.05, 4.69) is 21.5 Å². The normalized spacial score (nSPS) is 19.4. The van der Waals surface area contributed by atoms with Crippen LogP contribution in [0.2, 0.25) is 0 Å². The Morgan fingerprint density at radius 2 is 2.46 bits per heavy atom. The SMILES string of the molecule is c1cnc2c(c1)CN=C1CCNN12. The van der Waals surface area contributed by atoms with Crippen LogP contribution in [0.5, 0.6) is 0 Å². The van der Waals surface area contributed by atoms with E-state index in [1.807, 2.05) is 17.3 Å². The molecule has 0 amide bonds. The van der Waals surface area contributed by atoms with Gasteiger partial charge in [0.2, 0.25) is 0 Å². The number of nitrogens with one attached hydrogen (secondary N) is 1. The fourth-order valence-corrected chi connectivity index (χ4v) is 1.76.